The van der Waals surface area contributed by atoms with Gasteiger partial charge in [-0.1, -0.05) is 18.2 Å². The van der Waals surface area contributed by atoms with E-state index in [1.165, 1.54) is 19.1 Å². The molecule has 2 aromatic rings. The van der Waals surface area contributed by atoms with Crippen LogP contribution >= 0.6 is 0 Å². The Balaban J connectivity index is 1.49. The second-order valence-electron chi connectivity index (χ2n) is 6.54. The van der Waals surface area contributed by atoms with Gasteiger partial charge in [-0.2, -0.15) is 0 Å². The van der Waals surface area contributed by atoms with Gasteiger partial charge in [-0.15, -0.1) is 0 Å². The van der Waals surface area contributed by atoms with Crippen LogP contribution in [0.1, 0.15) is 18.9 Å². The van der Waals surface area contributed by atoms with Crippen molar-refractivity contribution >= 4 is 29.1 Å². The fourth-order valence-electron chi connectivity index (χ4n) is 2.81. The molecular weight excluding hydrogens is 349 g/mol. The summed E-state index contributed by atoms with van der Waals surface area (Å²) in [5.41, 5.74) is 1.94. The Labute approximate surface area is 156 Å². The summed E-state index contributed by atoms with van der Waals surface area (Å²) < 4.78 is 12.9. The molecule has 2 unspecified atom stereocenters. The van der Waals surface area contributed by atoms with Gasteiger partial charge < -0.3 is 16.0 Å². The molecule has 3 N–H and O–H groups in total. The maximum atomic E-state index is 12.9. The fraction of sp³-hybridized carbons (Fsp3) is 0.250. The summed E-state index contributed by atoms with van der Waals surface area (Å²) in [7, 11) is 0. The number of nitrogens with one attached hydrogen (secondary N) is 3. The summed E-state index contributed by atoms with van der Waals surface area (Å²) in [6.45, 7) is 1.70. The van der Waals surface area contributed by atoms with Crippen LogP contribution in [0, 0.1) is 17.7 Å². The standard InChI is InChI=1S/C20H20FN3O3/c1-12(25)23-15-3-2-4-16(9-15)24-20(27)18-10-17(18)19(26)22-11-13-5-7-14(21)8-6-13/h2-9,17-18H,10-11H2,1H3,(H,22,26)(H,23,25)(H,24,27). The smallest absolute Gasteiger partial charge is 0.228 e. The van der Waals surface area contributed by atoms with E-state index in [0.29, 0.717) is 24.3 Å². The minimum atomic E-state index is -0.373. The number of carbonyl (C=O) groups is 3. The predicted octanol–water partition coefficient (Wildman–Crippen LogP) is 2.68. The Kier molecular flexibility index (Phi) is 5.49. The van der Waals surface area contributed by atoms with Gasteiger partial charge in [0.05, 0.1) is 11.8 Å². The van der Waals surface area contributed by atoms with E-state index >= 15 is 0 Å². The van der Waals surface area contributed by atoms with Crippen LogP contribution in [-0.4, -0.2) is 17.7 Å². The summed E-state index contributed by atoms with van der Waals surface area (Å²) in [5, 5.41) is 8.19. The first-order valence-electron chi connectivity index (χ1n) is 8.63. The van der Waals surface area contributed by atoms with Gasteiger partial charge >= 0.3 is 0 Å². The minimum absolute atomic E-state index is 0.188. The van der Waals surface area contributed by atoms with E-state index in [2.05, 4.69) is 16.0 Å². The topological polar surface area (TPSA) is 87.3 Å². The van der Waals surface area contributed by atoms with Crippen LogP contribution in [0.25, 0.3) is 0 Å². The van der Waals surface area contributed by atoms with Gasteiger partial charge in [-0.05, 0) is 42.3 Å². The van der Waals surface area contributed by atoms with Crippen molar-refractivity contribution in [2.45, 2.75) is 19.9 Å². The van der Waals surface area contributed by atoms with Gasteiger partial charge in [0.2, 0.25) is 17.7 Å². The summed E-state index contributed by atoms with van der Waals surface area (Å²) in [5.74, 6) is -1.67. The molecule has 2 atom stereocenters. The second-order valence-corrected chi connectivity index (χ2v) is 6.54. The van der Waals surface area contributed by atoms with E-state index in [9.17, 15) is 18.8 Å². The molecule has 0 saturated heterocycles. The Morgan fingerprint density at radius 3 is 2.26 bits per heavy atom. The molecule has 3 amide bonds. The third kappa shape index (κ3) is 5.13. The van der Waals surface area contributed by atoms with Gasteiger partial charge in [-0.3, -0.25) is 14.4 Å². The Morgan fingerprint density at radius 2 is 1.59 bits per heavy atom. The average Bonchev–Trinajstić information content (AvgIpc) is 3.42. The molecule has 1 aliphatic rings. The van der Waals surface area contributed by atoms with Crippen LogP contribution in [-0.2, 0) is 20.9 Å². The molecule has 0 bridgehead atoms. The minimum Gasteiger partial charge on any atom is -0.352 e. The molecule has 0 spiro atoms. The first-order chi connectivity index (χ1) is 12.9. The van der Waals surface area contributed by atoms with E-state index in [-0.39, 0.29) is 35.4 Å². The van der Waals surface area contributed by atoms with Crippen molar-refractivity contribution in [3.05, 3.63) is 59.9 Å². The number of hydrogen-bond acceptors (Lipinski definition) is 3. The molecule has 0 aliphatic heterocycles. The quantitative estimate of drug-likeness (QED) is 0.732. The zero-order chi connectivity index (χ0) is 19.4. The van der Waals surface area contributed by atoms with Gasteiger partial charge in [0.15, 0.2) is 0 Å². The number of anilines is 2. The number of rotatable bonds is 6. The number of amides is 3. The lowest BCUT2D eigenvalue weighted by Crippen LogP contribution is -2.27. The van der Waals surface area contributed by atoms with Crippen molar-refractivity contribution in [2.24, 2.45) is 11.8 Å². The lowest BCUT2D eigenvalue weighted by molar-refractivity contribution is -0.125. The van der Waals surface area contributed by atoms with Crippen molar-refractivity contribution in [3.8, 4) is 0 Å². The number of benzene rings is 2. The van der Waals surface area contributed by atoms with Crippen molar-refractivity contribution in [2.75, 3.05) is 10.6 Å². The van der Waals surface area contributed by atoms with Crippen molar-refractivity contribution in [1.29, 1.82) is 0 Å². The van der Waals surface area contributed by atoms with Gasteiger partial charge in [0, 0.05) is 24.8 Å². The molecule has 1 aliphatic carbocycles. The van der Waals surface area contributed by atoms with E-state index in [1.54, 1.807) is 36.4 Å². The van der Waals surface area contributed by atoms with Crippen molar-refractivity contribution < 1.29 is 18.8 Å². The highest BCUT2D eigenvalue weighted by molar-refractivity contribution is 6.00. The van der Waals surface area contributed by atoms with Gasteiger partial charge in [-0.25, -0.2) is 4.39 Å². The highest BCUT2D eigenvalue weighted by Gasteiger charge is 2.47. The Hall–Kier alpha value is -3.22. The monoisotopic (exact) mass is 369 g/mol. The molecule has 1 fully saturated rings. The van der Waals surface area contributed by atoms with Gasteiger partial charge in [0.25, 0.3) is 0 Å². The zero-order valence-corrected chi connectivity index (χ0v) is 14.8. The SMILES string of the molecule is CC(=O)Nc1cccc(NC(=O)C2CC2C(=O)NCc2ccc(F)cc2)c1. The van der Waals surface area contributed by atoms with E-state index in [0.717, 1.165) is 5.56 Å². The molecule has 0 radical (unpaired) electrons. The van der Waals surface area contributed by atoms with Crippen molar-refractivity contribution in [3.63, 3.8) is 0 Å². The van der Waals surface area contributed by atoms with Crippen LogP contribution in [0.3, 0.4) is 0 Å². The lowest BCUT2D eigenvalue weighted by Gasteiger charge is -2.08. The Bertz CT molecular complexity index is 867. The lowest BCUT2D eigenvalue weighted by atomic mass is 10.2. The van der Waals surface area contributed by atoms with E-state index in [1.807, 2.05) is 0 Å². The normalized spacial score (nSPS) is 17.7. The van der Waals surface area contributed by atoms with Crippen molar-refractivity contribution in [1.82, 2.24) is 5.32 Å². The highest BCUT2D eigenvalue weighted by atomic mass is 19.1. The van der Waals surface area contributed by atoms with E-state index < -0.39 is 0 Å². The fourth-order valence-corrected chi connectivity index (χ4v) is 2.81. The van der Waals surface area contributed by atoms with Crippen LogP contribution in [0.5, 0.6) is 0 Å². The molecule has 3 rings (SSSR count). The van der Waals surface area contributed by atoms with Crippen LogP contribution in [0.4, 0.5) is 15.8 Å². The Morgan fingerprint density at radius 1 is 0.963 bits per heavy atom. The molecule has 7 heteroatoms. The van der Waals surface area contributed by atoms with E-state index in [4.69, 9.17) is 0 Å². The average molecular weight is 369 g/mol. The maximum absolute atomic E-state index is 12.9. The molecule has 0 heterocycles. The third-order valence-corrected chi connectivity index (χ3v) is 4.29. The molecule has 1 saturated carbocycles. The largest absolute Gasteiger partial charge is 0.352 e. The predicted molar refractivity (Wildman–Crippen MR) is 99.2 cm³/mol. The highest BCUT2D eigenvalue weighted by Crippen LogP contribution is 2.39. The van der Waals surface area contributed by atoms with Crippen LogP contribution < -0.4 is 16.0 Å². The zero-order valence-electron chi connectivity index (χ0n) is 14.8. The second kappa shape index (κ2) is 7.99. The summed E-state index contributed by atoms with van der Waals surface area (Å²) in [6.07, 6.45) is 0.493. The molecule has 2 aromatic carbocycles. The summed E-state index contributed by atoms with van der Waals surface area (Å²) >= 11 is 0. The molecule has 140 valence electrons. The molecular formula is C20H20FN3O3. The maximum Gasteiger partial charge on any atom is 0.228 e. The molecule has 27 heavy (non-hydrogen) atoms. The third-order valence-electron chi connectivity index (χ3n) is 4.29. The first-order valence-corrected chi connectivity index (χ1v) is 8.63. The van der Waals surface area contributed by atoms with Crippen LogP contribution in [0.15, 0.2) is 48.5 Å². The number of hydrogen-bond donors (Lipinski definition) is 3. The molecule has 6 nitrogen and oxygen atoms in total. The molecule has 0 aromatic heterocycles. The number of carbonyl (C=O) groups excluding carboxylic acids is 3. The summed E-state index contributed by atoms with van der Waals surface area (Å²) in [6, 6.07) is 12.7. The first kappa shape index (κ1) is 18.6. The van der Waals surface area contributed by atoms with Crippen LogP contribution in [0.2, 0.25) is 0 Å². The summed E-state index contributed by atoms with van der Waals surface area (Å²) in [4.78, 5) is 35.6. The van der Waals surface area contributed by atoms with Gasteiger partial charge in [0.1, 0.15) is 5.82 Å². The number of halogens is 1.